The van der Waals surface area contributed by atoms with E-state index in [-0.39, 0.29) is 56.9 Å². The predicted octanol–water partition coefficient (Wildman–Crippen LogP) is 6.38. The molecule has 5 aliphatic rings. The largest absolute Gasteiger partial charge is 0.462 e. The second-order valence-electron chi connectivity index (χ2n) is 15.6. The molecule has 206 valence electrons. The molecule has 5 heteroatoms. The Hall–Kier alpha value is -1.65. The minimum atomic E-state index is -0.507. The standard InChI is InChI=1S/C32H49NO4/c1-19(34)37-24-10-11-30(6)23(27(24,2)3)9-12-32(8)25(30)22(35)17-20-21-18-29(5,26(33)36)14-13-28(21,4)15-16-31(20,32)7/h17,21,23-25H,9-16,18H2,1-8H3,(H2,33,36)/t21?,23?,24-,25?,28+,29-,30-,31-,32+/m0/s1. The highest BCUT2D eigenvalue weighted by Crippen LogP contribution is 2.75. The van der Waals surface area contributed by atoms with E-state index in [9.17, 15) is 14.4 Å². The van der Waals surface area contributed by atoms with Crippen molar-refractivity contribution in [1.82, 2.24) is 0 Å². The van der Waals surface area contributed by atoms with Gasteiger partial charge in [0.1, 0.15) is 6.10 Å². The smallest absolute Gasteiger partial charge is 0.302 e. The van der Waals surface area contributed by atoms with Crippen molar-refractivity contribution in [3.05, 3.63) is 11.6 Å². The average Bonchev–Trinajstić information content (AvgIpc) is 2.78. The van der Waals surface area contributed by atoms with E-state index in [0.717, 1.165) is 57.8 Å². The van der Waals surface area contributed by atoms with E-state index >= 15 is 0 Å². The molecule has 0 radical (unpaired) electrons. The topological polar surface area (TPSA) is 86.5 Å². The van der Waals surface area contributed by atoms with Crippen LogP contribution in [0.3, 0.4) is 0 Å². The lowest BCUT2D eigenvalue weighted by molar-refractivity contribution is -0.210. The van der Waals surface area contributed by atoms with Gasteiger partial charge in [-0.25, -0.2) is 0 Å². The van der Waals surface area contributed by atoms with E-state index in [1.165, 1.54) is 12.5 Å². The molecule has 0 bridgehead atoms. The molecule has 4 fully saturated rings. The van der Waals surface area contributed by atoms with Crippen LogP contribution in [-0.4, -0.2) is 23.8 Å². The van der Waals surface area contributed by atoms with Crippen LogP contribution in [-0.2, 0) is 19.1 Å². The van der Waals surface area contributed by atoms with Crippen molar-refractivity contribution in [2.24, 2.45) is 56.0 Å². The molecular formula is C32H49NO4. The van der Waals surface area contributed by atoms with E-state index in [1.807, 2.05) is 6.92 Å². The zero-order valence-corrected chi connectivity index (χ0v) is 24.5. The lowest BCUT2D eigenvalue weighted by Gasteiger charge is -2.70. The summed E-state index contributed by atoms with van der Waals surface area (Å²) >= 11 is 0. The summed E-state index contributed by atoms with van der Waals surface area (Å²) < 4.78 is 5.83. The molecule has 9 atom stereocenters. The minimum Gasteiger partial charge on any atom is -0.462 e. The number of esters is 1. The number of rotatable bonds is 2. The number of nitrogens with two attached hydrogens (primary N) is 1. The molecule has 0 saturated heterocycles. The SMILES string of the molecule is CC(=O)O[C@H]1CC[C@@]2(C)C(CC[C@]3(C)C2C(=O)C=C2C4C[C@@](C)(C(N)=O)CC[C@]4(C)CC[C@@]23C)C1(C)C. The van der Waals surface area contributed by atoms with E-state index in [1.54, 1.807) is 0 Å². The Balaban J connectivity index is 1.58. The summed E-state index contributed by atoms with van der Waals surface area (Å²) in [5.74, 6) is 0.381. The summed E-state index contributed by atoms with van der Waals surface area (Å²) in [6.45, 7) is 17.6. The maximum Gasteiger partial charge on any atom is 0.302 e. The van der Waals surface area contributed by atoms with Gasteiger partial charge in [0, 0.05) is 23.7 Å². The molecule has 0 aliphatic heterocycles. The first-order chi connectivity index (χ1) is 16.9. The van der Waals surface area contributed by atoms with Crippen LogP contribution in [0.1, 0.15) is 113 Å². The van der Waals surface area contributed by atoms with Gasteiger partial charge in [-0.05, 0) is 97.4 Å². The predicted molar refractivity (Wildman–Crippen MR) is 144 cm³/mol. The van der Waals surface area contributed by atoms with Gasteiger partial charge in [-0.3, -0.25) is 14.4 Å². The number of amides is 1. The number of carbonyl (C=O) groups is 3. The van der Waals surface area contributed by atoms with Gasteiger partial charge in [0.2, 0.25) is 5.91 Å². The van der Waals surface area contributed by atoms with Crippen LogP contribution in [0.2, 0.25) is 0 Å². The fraction of sp³-hybridized carbons (Fsp3) is 0.844. The number of allylic oxidation sites excluding steroid dienone is 2. The van der Waals surface area contributed by atoms with Crippen LogP contribution in [0, 0.1) is 50.2 Å². The normalized spacial score (nSPS) is 50.5. The molecule has 0 aromatic heterocycles. The second-order valence-corrected chi connectivity index (χ2v) is 15.6. The molecule has 5 nitrogen and oxygen atoms in total. The summed E-state index contributed by atoms with van der Waals surface area (Å²) in [6.07, 6.45) is 10.5. The Bertz CT molecular complexity index is 1080. The van der Waals surface area contributed by atoms with Crippen molar-refractivity contribution in [1.29, 1.82) is 0 Å². The van der Waals surface area contributed by atoms with Crippen LogP contribution in [0.25, 0.3) is 0 Å². The number of hydrogen-bond donors (Lipinski definition) is 1. The van der Waals surface area contributed by atoms with E-state index in [4.69, 9.17) is 10.5 Å². The first-order valence-corrected chi connectivity index (χ1v) is 14.7. The Kier molecular flexibility index (Phi) is 5.78. The zero-order valence-electron chi connectivity index (χ0n) is 24.5. The Morgan fingerprint density at radius 2 is 1.57 bits per heavy atom. The van der Waals surface area contributed by atoms with Crippen molar-refractivity contribution in [2.75, 3.05) is 0 Å². The van der Waals surface area contributed by atoms with Gasteiger partial charge < -0.3 is 10.5 Å². The maximum absolute atomic E-state index is 14.4. The third-order valence-corrected chi connectivity index (χ3v) is 13.4. The van der Waals surface area contributed by atoms with Crippen molar-refractivity contribution >= 4 is 17.7 Å². The highest BCUT2D eigenvalue weighted by atomic mass is 16.5. The van der Waals surface area contributed by atoms with Crippen molar-refractivity contribution < 1.29 is 19.1 Å². The molecule has 0 aromatic carbocycles. The molecule has 0 spiro atoms. The molecule has 4 saturated carbocycles. The quantitative estimate of drug-likeness (QED) is 0.436. The maximum atomic E-state index is 14.4. The lowest BCUT2D eigenvalue weighted by Crippen LogP contribution is -2.66. The molecular weight excluding hydrogens is 462 g/mol. The van der Waals surface area contributed by atoms with Crippen molar-refractivity contribution in [2.45, 2.75) is 119 Å². The first kappa shape index (κ1) is 26.9. The summed E-state index contributed by atoms with van der Waals surface area (Å²) in [6, 6.07) is 0. The highest BCUT2D eigenvalue weighted by molar-refractivity contribution is 5.95. The number of fused-ring (bicyclic) bond motifs is 7. The fourth-order valence-electron chi connectivity index (χ4n) is 10.8. The molecule has 1 amide bonds. The Morgan fingerprint density at radius 3 is 2.19 bits per heavy atom. The van der Waals surface area contributed by atoms with Gasteiger partial charge in [0.25, 0.3) is 0 Å². The van der Waals surface area contributed by atoms with Crippen molar-refractivity contribution in [3.63, 3.8) is 0 Å². The van der Waals surface area contributed by atoms with Crippen LogP contribution in [0.15, 0.2) is 11.6 Å². The molecule has 0 aromatic rings. The van der Waals surface area contributed by atoms with Gasteiger partial charge >= 0.3 is 5.97 Å². The van der Waals surface area contributed by atoms with Gasteiger partial charge in [0.15, 0.2) is 5.78 Å². The summed E-state index contributed by atoms with van der Waals surface area (Å²) in [7, 11) is 0. The molecule has 5 aliphatic carbocycles. The monoisotopic (exact) mass is 511 g/mol. The number of hydrogen-bond acceptors (Lipinski definition) is 4. The molecule has 5 rings (SSSR count). The second kappa shape index (κ2) is 7.94. The lowest BCUT2D eigenvalue weighted by atomic mass is 9.33. The first-order valence-electron chi connectivity index (χ1n) is 14.7. The fourth-order valence-corrected chi connectivity index (χ4v) is 10.8. The third-order valence-electron chi connectivity index (χ3n) is 13.4. The number of carbonyl (C=O) groups excluding carboxylic acids is 3. The van der Waals surface area contributed by atoms with Gasteiger partial charge in [0.05, 0.1) is 0 Å². The Morgan fingerprint density at radius 1 is 0.919 bits per heavy atom. The van der Waals surface area contributed by atoms with Crippen LogP contribution < -0.4 is 5.73 Å². The zero-order chi connectivity index (χ0) is 27.4. The van der Waals surface area contributed by atoms with E-state index in [2.05, 4.69) is 47.6 Å². The van der Waals surface area contributed by atoms with Crippen LogP contribution in [0.5, 0.6) is 0 Å². The van der Waals surface area contributed by atoms with Gasteiger partial charge in [-0.15, -0.1) is 0 Å². The van der Waals surface area contributed by atoms with E-state index in [0.29, 0.717) is 11.7 Å². The van der Waals surface area contributed by atoms with Crippen molar-refractivity contribution in [3.8, 4) is 0 Å². The molecule has 0 heterocycles. The van der Waals surface area contributed by atoms with E-state index < -0.39 is 5.41 Å². The van der Waals surface area contributed by atoms with Gasteiger partial charge in [-0.1, -0.05) is 54.0 Å². The third kappa shape index (κ3) is 3.43. The molecule has 3 unspecified atom stereocenters. The Labute approximate surface area is 223 Å². The average molecular weight is 512 g/mol. The van der Waals surface area contributed by atoms with Crippen LogP contribution >= 0.6 is 0 Å². The molecule has 2 N–H and O–H groups in total. The molecule has 37 heavy (non-hydrogen) atoms. The summed E-state index contributed by atoms with van der Waals surface area (Å²) in [4.78, 5) is 38.8. The summed E-state index contributed by atoms with van der Waals surface area (Å²) in [5, 5.41) is 0. The summed E-state index contributed by atoms with van der Waals surface area (Å²) in [5.41, 5.74) is 6.33. The minimum absolute atomic E-state index is 0.0412. The number of ether oxygens (including phenoxy) is 1. The van der Waals surface area contributed by atoms with Crippen LogP contribution in [0.4, 0.5) is 0 Å². The number of primary amides is 1. The van der Waals surface area contributed by atoms with Gasteiger partial charge in [-0.2, -0.15) is 0 Å². The highest BCUT2D eigenvalue weighted by Gasteiger charge is 2.70. The number of ketones is 1.